The Labute approximate surface area is 117 Å². The average Bonchev–Trinajstić information content (AvgIpc) is 2.97. The van der Waals surface area contributed by atoms with Crippen LogP contribution >= 0.6 is 0 Å². The number of carbonyl (C=O) groups excluding carboxylic acids is 1. The Hall–Kier alpha value is -2.44. The normalized spacial score (nSPS) is 10.2. The van der Waals surface area contributed by atoms with Gasteiger partial charge in [0, 0.05) is 25.7 Å². The van der Waals surface area contributed by atoms with Crippen molar-refractivity contribution >= 4 is 11.6 Å². The highest BCUT2D eigenvalue weighted by Gasteiger charge is 2.10. The van der Waals surface area contributed by atoms with Gasteiger partial charge in [0.15, 0.2) is 0 Å². The molecule has 2 heterocycles. The van der Waals surface area contributed by atoms with Gasteiger partial charge in [-0.2, -0.15) is 5.10 Å². The summed E-state index contributed by atoms with van der Waals surface area (Å²) in [6, 6.07) is 1.71. The summed E-state index contributed by atoms with van der Waals surface area (Å²) in [6.07, 6.45) is 6.32. The molecule has 0 atom stereocenters. The summed E-state index contributed by atoms with van der Waals surface area (Å²) >= 11 is 0. The largest absolute Gasteiger partial charge is 0.383 e. The first-order chi connectivity index (χ1) is 9.81. The van der Waals surface area contributed by atoms with Gasteiger partial charge in [-0.15, -0.1) is 0 Å². The number of rotatable bonds is 7. The predicted octanol–water partition coefficient (Wildman–Crippen LogP) is 0.994. The molecule has 7 heteroatoms. The van der Waals surface area contributed by atoms with Gasteiger partial charge in [-0.05, 0) is 19.4 Å². The highest BCUT2D eigenvalue weighted by atomic mass is 16.1. The van der Waals surface area contributed by atoms with Crippen LogP contribution in [0, 0.1) is 0 Å². The Kier molecular flexibility index (Phi) is 5.05. The van der Waals surface area contributed by atoms with Crippen molar-refractivity contribution in [3.05, 3.63) is 36.2 Å². The molecule has 0 saturated carbocycles. The summed E-state index contributed by atoms with van der Waals surface area (Å²) in [5.41, 5.74) is 1.37. The van der Waals surface area contributed by atoms with Gasteiger partial charge >= 0.3 is 0 Å². The molecule has 2 aromatic heterocycles. The maximum absolute atomic E-state index is 12.1. The van der Waals surface area contributed by atoms with Crippen molar-refractivity contribution in [1.82, 2.24) is 25.5 Å². The van der Waals surface area contributed by atoms with Crippen LogP contribution in [0.2, 0.25) is 0 Å². The smallest absolute Gasteiger partial charge is 0.253 e. The van der Waals surface area contributed by atoms with E-state index in [4.69, 9.17) is 0 Å². The zero-order valence-electron chi connectivity index (χ0n) is 11.4. The minimum Gasteiger partial charge on any atom is -0.383 e. The Morgan fingerprint density at radius 3 is 3.10 bits per heavy atom. The van der Waals surface area contributed by atoms with Crippen molar-refractivity contribution < 1.29 is 4.79 Å². The van der Waals surface area contributed by atoms with E-state index in [0.717, 1.165) is 30.9 Å². The molecule has 0 aliphatic heterocycles. The van der Waals surface area contributed by atoms with Crippen LogP contribution < -0.4 is 10.6 Å². The van der Waals surface area contributed by atoms with Crippen molar-refractivity contribution in [2.75, 3.05) is 18.4 Å². The zero-order valence-corrected chi connectivity index (χ0v) is 11.4. The fourth-order valence-corrected chi connectivity index (χ4v) is 1.83. The van der Waals surface area contributed by atoms with E-state index in [0.29, 0.717) is 12.1 Å². The Morgan fingerprint density at radius 1 is 1.45 bits per heavy atom. The molecule has 0 saturated heterocycles. The highest BCUT2D eigenvalue weighted by molar-refractivity contribution is 5.99. The van der Waals surface area contributed by atoms with Gasteiger partial charge in [0.1, 0.15) is 12.2 Å². The van der Waals surface area contributed by atoms with E-state index in [9.17, 15) is 4.79 Å². The van der Waals surface area contributed by atoms with Crippen LogP contribution in [0.1, 0.15) is 29.5 Å². The molecule has 2 rings (SSSR count). The molecule has 0 unspecified atom stereocenters. The lowest BCUT2D eigenvalue weighted by Gasteiger charge is -2.10. The molecule has 3 N–H and O–H groups in total. The molecule has 0 aromatic carbocycles. The third-order valence-corrected chi connectivity index (χ3v) is 2.77. The van der Waals surface area contributed by atoms with Crippen LogP contribution in [0.3, 0.4) is 0 Å². The molecule has 0 aliphatic rings. The first-order valence-corrected chi connectivity index (χ1v) is 6.61. The summed E-state index contributed by atoms with van der Waals surface area (Å²) in [6.45, 7) is 3.32. The number of hydrogen-bond donors (Lipinski definition) is 3. The fraction of sp³-hybridized carbons (Fsp3) is 0.385. The molecule has 0 radical (unpaired) electrons. The van der Waals surface area contributed by atoms with Crippen LogP contribution in [0.5, 0.6) is 0 Å². The number of carbonyl (C=O) groups is 1. The number of aromatic nitrogens is 4. The fourth-order valence-electron chi connectivity index (χ4n) is 1.83. The van der Waals surface area contributed by atoms with E-state index in [1.54, 1.807) is 18.5 Å². The number of H-pyrrole nitrogens is 1. The zero-order chi connectivity index (χ0) is 14.2. The molecule has 106 valence electrons. The molecule has 7 nitrogen and oxygen atoms in total. The second-order valence-corrected chi connectivity index (χ2v) is 4.24. The van der Waals surface area contributed by atoms with Crippen LogP contribution in [0.4, 0.5) is 5.69 Å². The monoisotopic (exact) mass is 274 g/mol. The maximum atomic E-state index is 12.1. The highest BCUT2D eigenvalue weighted by Crippen LogP contribution is 2.12. The molecule has 0 bridgehead atoms. The van der Waals surface area contributed by atoms with E-state index < -0.39 is 0 Å². The van der Waals surface area contributed by atoms with Crippen molar-refractivity contribution in [2.24, 2.45) is 0 Å². The molecule has 0 fully saturated rings. The summed E-state index contributed by atoms with van der Waals surface area (Å²) < 4.78 is 0. The molecular weight excluding hydrogens is 256 g/mol. The topological polar surface area (TPSA) is 95.6 Å². The van der Waals surface area contributed by atoms with Crippen molar-refractivity contribution in [1.29, 1.82) is 0 Å². The van der Waals surface area contributed by atoms with E-state index in [1.807, 2.05) is 6.92 Å². The van der Waals surface area contributed by atoms with Gasteiger partial charge in [0.2, 0.25) is 0 Å². The Balaban J connectivity index is 1.82. The lowest BCUT2D eigenvalue weighted by molar-refractivity contribution is 0.0954. The quantitative estimate of drug-likeness (QED) is 0.654. The van der Waals surface area contributed by atoms with Crippen LogP contribution in [0.15, 0.2) is 24.8 Å². The van der Waals surface area contributed by atoms with E-state index in [1.165, 1.54) is 6.33 Å². The lowest BCUT2D eigenvalue weighted by Crippen LogP contribution is -2.26. The van der Waals surface area contributed by atoms with Crippen molar-refractivity contribution in [3.63, 3.8) is 0 Å². The summed E-state index contributed by atoms with van der Waals surface area (Å²) in [5.74, 6) is 0.734. The Morgan fingerprint density at radius 2 is 2.35 bits per heavy atom. The van der Waals surface area contributed by atoms with Gasteiger partial charge in [-0.1, -0.05) is 0 Å². The minimum atomic E-state index is -0.0964. The SMILES string of the molecule is CCNc1cnccc1C(=O)NCCCc1ncn[nH]1. The summed E-state index contributed by atoms with van der Waals surface area (Å²) in [4.78, 5) is 20.1. The van der Waals surface area contributed by atoms with Crippen LogP contribution in [0.25, 0.3) is 0 Å². The second kappa shape index (κ2) is 7.22. The lowest BCUT2D eigenvalue weighted by atomic mass is 10.2. The molecule has 0 aliphatic carbocycles. The van der Waals surface area contributed by atoms with Gasteiger partial charge < -0.3 is 10.6 Å². The van der Waals surface area contributed by atoms with Crippen LogP contribution in [-0.4, -0.2) is 39.2 Å². The van der Waals surface area contributed by atoms with Gasteiger partial charge in [-0.3, -0.25) is 14.9 Å². The van der Waals surface area contributed by atoms with E-state index >= 15 is 0 Å². The number of aryl methyl sites for hydroxylation is 1. The summed E-state index contributed by atoms with van der Waals surface area (Å²) in [7, 11) is 0. The number of nitrogens with one attached hydrogen (secondary N) is 3. The first-order valence-electron chi connectivity index (χ1n) is 6.61. The van der Waals surface area contributed by atoms with Gasteiger partial charge in [-0.25, -0.2) is 4.98 Å². The number of pyridine rings is 1. The molecule has 2 aromatic rings. The first kappa shape index (κ1) is 14.0. The average molecular weight is 274 g/mol. The standard InChI is InChI=1S/C13H18N6O/c1-2-15-11-8-14-7-5-10(11)13(20)16-6-3-4-12-17-9-18-19-12/h5,7-9,15H,2-4,6H2,1H3,(H,16,20)(H,17,18,19). The molecular formula is C13H18N6O. The van der Waals surface area contributed by atoms with Crippen LogP contribution in [-0.2, 0) is 6.42 Å². The number of hydrogen-bond acceptors (Lipinski definition) is 5. The third kappa shape index (κ3) is 3.78. The minimum absolute atomic E-state index is 0.0964. The maximum Gasteiger partial charge on any atom is 0.253 e. The molecule has 20 heavy (non-hydrogen) atoms. The Bertz CT molecular complexity index is 540. The number of nitrogens with zero attached hydrogens (tertiary/aromatic N) is 3. The van der Waals surface area contributed by atoms with E-state index in [-0.39, 0.29) is 5.91 Å². The molecule has 0 spiro atoms. The van der Waals surface area contributed by atoms with Crippen molar-refractivity contribution in [3.8, 4) is 0 Å². The third-order valence-electron chi connectivity index (χ3n) is 2.77. The molecule has 1 amide bonds. The van der Waals surface area contributed by atoms with Gasteiger partial charge in [0.05, 0.1) is 17.4 Å². The van der Waals surface area contributed by atoms with Gasteiger partial charge in [0.25, 0.3) is 5.91 Å². The van der Waals surface area contributed by atoms with Crippen molar-refractivity contribution in [2.45, 2.75) is 19.8 Å². The number of anilines is 1. The summed E-state index contributed by atoms with van der Waals surface area (Å²) in [5, 5.41) is 12.6. The predicted molar refractivity (Wildman–Crippen MR) is 75.4 cm³/mol. The van der Waals surface area contributed by atoms with E-state index in [2.05, 4.69) is 30.8 Å². The number of amides is 1. The second-order valence-electron chi connectivity index (χ2n) is 4.24. The number of aromatic amines is 1.